The number of hydrogen-bond donors (Lipinski definition) is 1. The summed E-state index contributed by atoms with van der Waals surface area (Å²) in [5, 5.41) is 4.98. The van der Waals surface area contributed by atoms with Gasteiger partial charge in [0.2, 0.25) is 11.7 Å². The van der Waals surface area contributed by atoms with E-state index in [0.29, 0.717) is 27.3 Å². The first-order valence-electron chi connectivity index (χ1n) is 6.07. The molecule has 19 heavy (non-hydrogen) atoms. The molecule has 0 fully saturated rings. The van der Waals surface area contributed by atoms with Crippen molar-refractivity contribution in [3.8, 4) is 11.4 Å². The molecule has 6 heteroatoms. The molecular formula is C13H15Cl2N3O. The summed E-state index contributed by atoms with van der Waals surface area (Å²) in [6.45, 7) is 4.11. The average molecular weight is 300 g/mol. The Labute approximate surface area is 121 Å². The zero-order chi connectivity index (χ0) is 14.0. The van der Waals surface area contributed by atoms with E-state index >= 15 is 0 Å². The molecule has 2 rings (SSSR count). The number of benzene rings is 1. The van der Waals surface area contributed by atoms with E-state index in [9.17, 15) is 0 Å². The number of aromatic nitrogens is 2. The highest BCUT2D eigenvalue weighted by Gasteiger charge is 2.20. The second kappa shape index (κ2) is 5.90. The average Bonchev–Trinajstić information content (AvgIpc) is 2.85. The number of halogens is 2. The SMILES string of the molecule is CC[C@H](C)[C@H](N)c1nc(-c2cc(Cl)cc(Cl)c2)no1. The lowest BCUT2D eigenvalue weighted by Gasteiger charge is -2.12. The molecule has 4 nitrogen and oxygen atoms in total. The van der Waals surface area contributed by atoms with Gasteiger partial charge in [0.15, 0.2) is 0 Å². The first kappa shape index (κ1) is 14.3. The summed E-state index contributed by atoms with van der Waals surface area (Å²) in [7, 11) is 0. The van der Waals surface area contributed by atoms with Crippen LogP contribution in [0.4, 0.5) is 0 Å². The molecule has 0 aliphatic rings. The third-order valence-electron chi connectivity index (χ3n) is 3.10. The van der Waals surface area contributed by atoms with E-state index in [1.165, 1.54) is 0 Å². The zero-order valence-corrected chi connectivity index (χ0v) is 12.2. The van der Waals surface area contributed by atoms with Crippen molar-refractivity contribution >= 4 is 23.2 Å². The van der Waals surface area contributed by atoms with Crippen LogP contribution >= 0.6 is 23.2 Å². The maximum atomic E-state index is 6.05. The molecule has 0 aliphatic heterocycles. The summed E-state index contributed by atoms with van der Waals surface area (Å²) in [5.74, 6) is 1.15. The Balaban J connectivity index is 2.30. The predicted molar refractivity (Wildman–Crippen MR) is 76.1 cm³/mol. The van der Waals surface area contributed by atoms with E-state index in [2.05, 4.69) is 17.1 Å². The Hall–Kier alpha value is -1.10. The van der Waals surface area contributed by atoms with Gasteiger partial charge in [-0.05, 0) is 24.1 Å². The molecule has 1 aromatic heterocycles. The van der Waals surface area contributed by atoms with Gasteiger partial charge in [0, 0.05) is 15.6 Å². The van der Waals surface area contributed by atoms with Crippen LogP contribution in [0.25, 0.3) is 11.4 Å². The fourth-order valence-electron chi connectivity index (χ4n) is 1.67. The van der Waals surface area contributed by atoms with E-state index in [4.69, 9.17) is 33.5 Å². The van der Waals surface area contributed by atoms with Gasteiger partial charge in [0.25, 0.3) is 0 Å². The Morgan fingerprint density at radius 2 is 1.89 bits per heavy atom. The van der Waals surface area contributed by atoms with Crippen LogP contribution < -0.4 is 5.73 Å². The summed E-state index contributed by atoms with van der Waals surface area (Å²) in [5.41, 5.74) is 6.76. The number of nitrogens with zero attached hydrogens (tertiary/aromatic N) is 2. The second-order valence-electron chi connectivity index (χ2n) is 4.53. The highest BCUT2D eigenvalue weighted by Crippen LogP contribution is 2.27. The van der Waals surface area contributed by atoms with Gasteiger partial charge in [-0.25, -0.2) is 0 Å². The van der Waals surface area contributed by atoms with Crippen LogP contribution in [0.2, 0.25) is 10.0 Å². The quantitative estimate of drug-likeness (QED) is 0.923. The highest BCUT2D eigenvalue weighted by molar-refractivity contribution is 6.35. The first-order valence-corrected chi connectivity index (χ1v) is 6.82. The molecule has 0 bridgehead atoms. The minimum Gasteiger partial charge on any atom is -0.337 e. The molecule has 0 saturated heterocycles. The Morgan fingerprint density at radius 1 is 1.26 bits per heavy atom. The Bertz CT molecular complexity index is 551. The molecule has 2 N–H and O–H groups in total. The first-order chi connectivity index (χ1) is 9.01. The summed E-state index contributed by atoms with van der Waals surface area (Å²) in [6.07, 6.45) is 0.946. The Kier molecular flexibility index (Phi) is 4.45. The second-order valence-corrected chi connectivity index (χ2v) is 5.40. The molecule has 2 aromatic rings. The molecule has 0 spiro atoms. The Morgan fingerprint density at radius 3 is 2.47 bits per heavy atom. The van der Waals surface area contributed by atoms with Crippen LogP contribution in [0, 0.1) is 5.92 Å². The minimum atomic E-state index is -0.263. The fraction of sp³-hybridized carbons (Fsp3) is 0.385. The van der Waals surface area contributed by atoms with Gasteiger partial charge in [-0.2, -0.15) is 4.98 Å². The van der Waals surface area contributed by atoms with Crippen LogP contribution in [0.3, 0.4) is 0 Å². The van der Waals surface area contributed by atoms with E-state index in [0.717, 1.165) is 6.42 Å². The monoisotopic (exact) mass is 299 g/mol. The molecule has 2 atom stereocenters. The van der Waals surface area contributed by atoms with Crippen molar-refractivity contribution in [2.24, 2.45) is 11.7 Å². The van der Waals surface area contributed by atoms with E-state index in [1.807, 2.05) is 6.92 Å². The van der Waals surface area contributed by atoms with E-state index in [-0.39, 0.29) is 12.0 Å². The molecule has 102 valence electrons. The molecule has 0 amide bonds. The van der Waals surface area contributed by atoms with Gasteiger partial charge in [-0.1, -0.05) is 48.6 Å². The van der Waals surface area contributed by atoms with Crippen molar-refractivity contribution in [1.82, 2.24) is 10.1 Å². The standard InChI is InChI=1S/C13H15Cl2N3O/c1-3-7(2)11(16)13-17-12(18-19-13)8-4-9(14)6-10(15)5-8/h4-7,11H,3,16H2,1-2H3/t7-,11-/m0/s1. The lowest BCUT2D eigenvalue weighted by atomic mass is 10.0. The number of hydrogen-bond acceptors (Lipinski definition) is 4. The molecular weight excluding hydrogens is 285 g/mol. The van der Waals surface area contributed by atoms with Crippen molar-refractivity contribution in [2.75, 3.05) is 0 Å². The molecule has 1 heterocycles. The summed E-state index contributed by atoms with van der Waals surface area (Å²) >= 11 is 11.9. The largest absolute Gasteiger partial charge is 0.337 e. The maximum absolute atomic E-state index is 6.05. The smallest absolute Gasteiger partial charge is 0.244 e. The zero-order valence-electron chi connectivity index (χ0n) is 10.7. The van der Waals surface area contributed by atoms with Crippen molar-refractivity contribution < 1.29 is 4.52 Å². The van der Waals surface area contributed by atoms with Crippen LogP contribution in [-0.4, -0.2) is 10.1 Å². The molecule has 0 saturated carbocycles. The van der Waals surface area contributed by atoms with E-state index in [1.54, 1.807) is 18.2 Å². The lowest BCUT2D eigenvalue weighted by molar-refractivity contribution is 0.312. The highest BCUT2D eigenvalue weighted by atomic mass is 35.5. The van der Waals surface area contributed by atoms with Gasteiger partial charge >= 0.3 is 0 Å². The van der Waals surface area contributed by atoms with Gasteiger partial charge < -0.3 is 10.3 Å². The molecule has 0 unspecified atom stereocenters. The van der Waals surface area contributed by atoms with Crippen molar-refractivity contribution in [3.63, 3.8) is 0 Å². The normalized spacial score (nSPS) is 14.4. The summed E-state index contributed by atoms with van der Waals surface area (Å²) in [6, 6.07) is 4.85. The molecule has 0 radical (unpaired) electrons. The van der Waals surface area contributed by atoms with Crippen molar-refractivity contribution in [3.05, 3.63) is 34.1 Å². The lowest BCUT2D eigenvalue weighted by Crippen LogP contribution is -2.18. The topological polar surface area (TPSA) is 64.9 Å². The minimum absolute atomic E-state index is 0.263. The predicted octanol–water partition coefficient (Wildman–Crippen LogP) is 4.09. The number of rotatable bonds is 4. The summed E-state index contributed by atoms with van der Waals surface area (Å²) < 4.78 is 5.21. The fourth-order valence-corrected chi connectivity index (χ4v) is 2.19. The van der Waals surface area contributed by atoms with Crippen molar-refractivity contribution in [1.29, 1.82) is 0 Å². The molecule has 1 aromatic carbocycles. The van der Waals surface area contributed by atoms with Crippen molar-refractivity contribution in [2.45, 2.75) is 26.3 Å². The van der Waals surface area contributed by atoms with Gasteiger partial charge in [0.1, 0.15) is 0 Å². The third-order valence-corrected chi connectivity index (χ3v) is 3.54. The van der Waals surface area contributed by atoms with Crippen LogP contribution in [-0.2, 0) is 0 Å². The van der Waals surface area contributed by atoms with Crippen LogP contribution in [0.15, 0.2) is 22.7 Å². The van der Waals surface area contributed by atoms with Crippen LogP contribution in [0.1, 0.15) is 32.2 Å². The van der Waals surface area contributed by atoms with Gasteiger partial charge in [0.05, 0.1) is 6.04 Å². The maximum Gasteiger partial charge on any atom is 0.244 e. The summed E-state index contributed by atoms with van der Waals surface area (Å²) in [4.78, 5) is 4.31. The van der Waals surface area contributed by atoms with Gasteiger partial charge in [-0.3, -0.25) is 0 Å². The van der Waals surface area contributed by atoms with E-state index < -0.39 is 0 Å². The molecule has 0 aliphatic carbocycles. The third kappa shape index (κ3) is 3.26. The van der Waals surface area contributed by atoms with Crippen LogP contribution in [0.5, 0.6) is 0 Å². The number of nitrogens with two attached hydrogens (primary N) is 1. The van der Waals surface area contributed by atoms with Gasteiger partial charge in [-0.15, -0.1) is 0 Å².